The van der Waals surface area contributed by atoms with Gasteiger partial charge in [-0.2, -0.15) is 0 Å². The van der Waals surface area contributed by atoms with Crippen molar-refractivity contribution in [2.45, 2.75) is 33.2 Å². The molecule has 0 radical (unpaired) electrons. The minimum Gasteiger partial charge on any atom is -0.481 e. The number of aliphatic carboxylic acids is 1. The number of hydrogen-bond donors (Lipinski definition) is 2. The van der Waals surface area contributed by atoms with Gasteiger partial charge in [0.05, 0.1) is 5.41 Å². The molecule has 1 rings (SSSR count). The molecule has 15 heavy (non-hydrogen) atoms. The molecule has 1 aliphatic rings. The third-order valence-electron chi connectivity index (χ3n) is 3.25. The van der Waals surface area contributed by atoms with Crippen molar-refractivity contribution in [3.63, 3.8) is 0 Å². The van der Waals surface area contributed by atoms with Gasteiger partial charge in [0.1, 0.15) is 0 Å². The number of carboxylic acid groups (broad SMARTS) is 1. The summed E-state index contributed by atoms with van der Waals surface area (Å²) in [5, 5.41) is 9.04. The maximum Gasteiger partial charge on any atom is 0.310 e. The topological polar surface area (TPSA) is 66.6 Å². The average molecular weight is 214 g/mol. The monoisotopic (exact) mass is 214 g/mol. The Morgan fingerprint density at radius 2 is 2.20 bits per heavy atom. The number of nitrogens with two attached hydrogens (primary N) is 1. The fourth-order valence-corrected chi connectivity index (χ4v) is 2.02. The lowest BCUT2D eigenvalue weighted by molar-refractivity contribution is -0.148. The highest BCUT2D eigenvalue weighted by atomic mass is 16.4. The van der Waals surface area contributed by atoms with Crippen molar-refractivity contribution >= 4 is 5.97 Å². The number of piperidine rings is 1. The van der Waals surface area contributed by atoms with Gasteiger partial charge in [-0.3, -0.25) is 4.79 Å². The maximum absolute atomic E-state index is 11.0. The van der Waals surface area contributed by atoms with Gasteiger partial charge in [-0.25, -0.2) is 0 Å². The van der Waals surface area contributed by atoms with Crippen LogP contribution < -0.4 is 5.73 Å². The smallest absolute Gasteiger partial charge is 0.310 e. The minimum atomic E-state index is -0.731. The van der Waals surface area contributed by atoms with Crippen LogP contribution in [0.3, 0.4) is 0 Å². The molecule has 0 saturated carbocycles. The molecule has 0 bridgehead atoms. The van der Waals surface area contributed by atoms with Gasteiger partial charge in [-0.15, -0.1) is 0 Å². The van der Waals surface area contributed by atoms with Gasteiger partial charge in [0, 0.05) is 19.1 Å². The van der Waals surface area contributed by atoms with E-state index >= 15 is 0 Å². The second-order valence-corrected chi connectivity index (χ2v) is 5.35. The predicted octanol–water partition coefficient (Wildman–Crippen LogP) is 0.766. The van der Waals surface area contributed by atoms with E-state index < -0.39 is 11.4 Å². The number of likely N-dealkylation sites (tertiary alicyclic amines) is 1. The van der Waals surface area contributed by atoms with E-state index in [-0.39, 0.29) is 6.04 Å². The zero-order chi connectivity index (χ0) is 11.6. The van der Waals surface area contributed by atoms with Gasteiger partial charge in [-0.1, -0.05) is 6.92 Å². The zero-order valence-electron chi connectivity index (χ0n) is 9.86. The molecule has 0 aliphatic carbocycles. The molecule has 4 nitrogen and oxygen atoms in total. The van der Waals surface area contributed by atoms with E-state index in [9.17, 15) is 4.79 Å². The molecule has 2 unspecified atom stereocenters. The quantitative estimate of drug-likeness (QED) is 0.728. The first-order valence-corrected chi connectivity index (χ1v) is 5.54. The number of rotatable bonds is 3. The van der Waals surface area contributed by atoms with Crippen molar-refractivity contribution in [3.05, 3.63) is 0 Å². The summed E-state index contributed by atoms with van der Waals surface area (Å²) in [6.07, 6.45) is 0.969. The van der Waals surface area contributed by atoms with E-state index in [0.717, 1.165) is 19.5 Å². The number of hydrogen-bond acceptors (Lipinski definition) is 3. The molecular weight excluding hydrogens is 192 g/mol. The van der Waals surface area contributed by atoms with Crippen molar-refractivity contribution < 1.29 is 9.90 Å². The van der Waals surface area contributed by atoms with Crippen molar-refractivity contribution in [1.82, 2.24) is 4.90 Å². The van der Waals surface area contributed by atoms with Gasteiger partial charge in [-0.05, 0) is 32.7 Å². The zero-order valence-corrected chi connectivity index (χ0v) is 9.86. The molecule has 2 atom stereocenters. The molecule has 0 spiro atoms. The standard InChI is InChI=1S/C11H22N2O2/c1-8-6-13(5-4-9(8)12)7-11(2,3)10(14)15/h8-9H,4-7,12H2,1-3H3,(H,14,15). The second kappa shape index (κ2) is 4.49. The second-order valence-electron chi connectivity index (χ2n) is 5.35. The van der Waals surface area contributed by atoms with Crippen LogP contribution in [0.1, 0.15) is 27.2 Å². The Labute approximate surface area is 91.4 Å². The van der Waals surface area contributed by atoms with Crippen molar-refractivity contribution in [2.75, 3.05) is 19.6 Å². The summed E-state index contributed by atoms with van der Waals surface area (Å²) in [7, 11) is 0. The van der Waals surface area contributed by atoms with Gasteiger partial charge in [0.25, 0.3) is 0 Å². The van der Waals surface area contributed by atoms with Crippen LogP contribution in [0.15, 0.2) is 0 Å². The van der Waals surface area contributed by atoms with Crippen LogP contribution >= 0.6 is 0 Å². The van der Waals surface area contributed by atoms with E-state index in [0.29, 0.717) is 12.5 Å². The van der Waals surface area contributed by atoms with E-state index in [1.165, 1.54) is 0 Å². The first-order chi connectivity index (χ1) is 6.83. The lowest BCUT2D eigenvalue weighted by atomic mass is 9.89. The molecule has 1 saturated heterocycles. The fraction of sp³-hybridized carbons (Fsp3) is 0.909. The Bertz CT molecular complexity index is 241. The number of nitrogens with zero attached hydrogens (tertiary/aromatic N) is 1. The van der Waals surface area contributed by atoms with E-state index in [4.69, 9.17) is 10.8 Å². The van der Waals surface area contributed by atoms with Crippen LogP contribution in [-0.4, -0.2) is 41.7 Å². The highest BCUT2D eigenvalue weighted by Crippen LogP contribution is 2.22. The van der Waals surface area contributed by atoms with Gasteiger partial charge in [0.2, 0.25) is 0 Å². The molecule has 3 N–H and O–H groups in total. The van der Waals surface area contributed by atoms with Crippen molar-refractivity contribution in [3.8, 4) is 0 Å². The summed E-state index contributed by atoms with van der Waals surface area (Å²) in [6.45, 7) is 8.12. The molecule has 1 heterocycles. The fourth-order valence-electron chi connectivity index (χ4n) is 2.02. The molecule has 4 heteroatoms. The summed E-state index contributed by atoms with van der Waals surface area (Å²) in [5.74, 6) is -0.270. The highest BCUT2D eigenvalue weighted by molar-refractivity contribution is 5.73. The average Bonchev–Trinajstić information content (AvgIpc) is 2.10. The first kappa shape index (κ1) is 12.5. The number of carboxylic acids is 1. The third kappa shape index (κ3) is 3.18. The van der Waals surface area contributed by atoms with Gasteiger partial charge in [0.15, 0.2) is 0 Å². The van der Waals surface area contributed by atoms with Crippen LogP contribution in [0.4, 0.5) is 0 Å². The Hall–Kier alpha value is -0.610. The first-order valence-electron chi connectivity index (χ1n) is 5.54. The van der Waals surface area contributed by atoms with Gasteiger partial charge >= 0.3 is 5.97 Å². The van der Waals surface area contributed by atoms with Gasteiger partial charge < -0.3 is 15.7 Å². The van der Waals surface area contributed by atoms with E-state index in [1.807, 2.05) is 0 Å². The molecule has 0 aromatic carbocycles. The third-order valence-corrected chi connectivity index (χ3v) is 3.25. The maximum atomic E-state index is 11.0. The molecule has 0 aromatic heterocycles. The summed E-state index contributed by atoms with van der Waals surface area (Å²) in [6, 6.07) is 0.272. The molecule has 0 amide bonds. The SMILES string of the molecule is CC1CN(CC(C)(C)C(=O)O)CCC1N. The molecule has 1 fully saturated rings. The Balaban J connectivity index is 2.50. The Morgan fingerprint density at radius 1 is 1.60 bits per heavy atom. The van der Waals surface area contributed by atoms with Crippen LogP contribution in [-0.2, 0) is 4.79 Å². The van der Waals surface area contributed by atoms with Crippen LogP contribution in [0, 0.1) is 11.3 Å². The Morgan fingerprint density at radius 3 is 2.67 bits per heavy atom. The molecular formula is C11H22N2O2. The molecule has 1 aliphatic heterocycles. The minimum absolute atomic E-state index is 0.272. The largest absolute Gasteiger partial charge is 0.481 e. The van der Waals surface area contributed by atoms with Crippen molar-refractivity contribution in [1.29, 1.82) is 0 Å². The van der Waals surface area contributed by atoms with Crippen LogP contribution in [0.2, 0.25) is 0 Å². The Kier molecular flexibility index (Phi) is 3.73. The van der Waals surface area contributed by atoms with E-state index in [2.05, 4.69) is 11.8 Å². The van der Waals surface area contributed by atoms with Crippen LogP contribution in [0.5, 0.6) is 0 Å². The predicted molar refractivity (Wildman–Crippen MR) is 59.6 cm³/mol. The normalized spacial score (nSPS) is 29.1. The summed E-state index contributed by atoms with van der Waals surface area (Å²) in [4.78, 5) is 13.2. The lowest BCUT2D eigenvalue weighted by Gasteiger charge is -2.38. The van der Waals surface area contributed by atoms with E-state index in [1.54, 1.807) is 13.8 Å². The highest BCUT2D eigenvalue weighted by Gasteiger charge is 2.32. The molecule has 0 aromatic rings. The summed E-state index contributed by atoms with van der Waals surface area (Å²) >= 11 is 0. The summed E-state index contributed by atoms with van der Waals surface area (Å²) in [5.41, 5.74) is 5.26. The van der Waals surface area contributed by atoms with Crippen molar-refractivity contribution in [2.24, 2.45) is 17.1 Å². The van der Waals surface area contributed by atoms with Crippen LogP contribution in [0.25, 0.3) is 0 Å². The number of carbonyl (C=O) groups is 1. The summed E-state index contributed by atoms with van der Waals surface area (Å²) < 4.78 is 0. The molecule has 88 valence electrons. The lowest BCUT2D eigenvalue weighted by Crippen LogP contribution is -2.49.